The molecule has 33 heavy (non-hydrogen) atoms. The van der Waals surface area contributed by atoms with E-state index < -0.39 is 10.8 Å². The summed E-state index contributed by atoms with van der Waals surface area (Å²) >= 11 is 0. The lowest BCUT2D eigenvalue weighted by molar-refractivity contribution is -0.107. The summed E-state index contributed by atoms with van der Waals surface area (Å²) in [5.74, 6) is 0.428. The van der Waals surface area contributed by atoms with Gasteiger partial charge >= 0.3 is 0 Å². The van der Waals surface area contributed by atoms with Crippen LogP contribution in [0.2, 0.25) is 0 Å². The number of anilines is 2. The van der Waals surface area contributed by atoms with E-state index in [1.807, 2.05) is 6.92 Å². The van der Waals surface area contributed by atoms with Crippen molar-refractivity contribution in [3.05, 3.63) is 24.3 Å². The molecule has 0 bridgehead atoms. The van der Waals surface area contributed by atoms with Crippen LogP contribution in [0.5, 0.6) is 0 Å². The second-order valence-electron chi connectivity index (χ2n) is 10.2. The Morgan fingerprint density at radius 3 is 2.00 bits per heavy atom. The number of nitrogens with zero attached hydrogens (tertiary/aromatic N) is 3. The van der Waals surface area contributed by atoms with Crippen molar-refractivity contribution in [1.82, 2.24) is 4.90 Å². The van der Waals surface area contributed by atoms with Crippen LogP contribution in [0.15, 0.2) is 24.3 Å². The third-order valence-corrected chi connectivity index (χ3v) is 9.33. The number of likely N-dealkylation sites (tertiary alicyclic amines) is 1. The zero-order chi connectivity index (χ0) is 24.1. The van der Waals surface area contributed by atoms with E-state index in [0.717, 1.165) is 32.6 Å². The van der Waals surface area contributed by atoms with Crippen molar-refractivity contribution >= 4 is 28.5 Å². The lowest BCUT2D eigenvalue weighted by atomic mass is 9.71. The molecule has 0 spiro atoms. The molecule has 3 aliphatic rings. The highest BCUT2D eigenvalue weighted by molar-refractivity contribution is 7.86. The van der Waals surface area contributed by atoms with Gasteiger partial charge in [0.2, 0.25) is 0 Å². The molecule has 2 N–H and O–H groups in total. The number of rotatable bonds is 7. The summed E-state index contributed by atoms with van der Waals surface area (Å²) in [6, 6.07) is 9.18. The van der Waals surface area contributed by atoms with Crippen LogP contribution in [0.4, 0.5) is 11.4 Å². The van der Waals surface area contributed by atoms with Gasteiger partial charge < -0.3 is 30.0 Å². The molecule has 3 heterocycles. The predicted octanol–water partition coefficient (Wildman–Crippen LogP) is 1.97. The van der Waals surface area contributed by atoms with E-state index in [0.29, 0.717) is 29.5 Å². The van der Waals surface area contributed by atoms with E-state index >= 15 is 0 Å². The van der Waals surface area contributed by atoms with Gasteiger partial charge in [-0.15, -0.1) is 0 Å². The Morgan fingerprint density at radius 1 is 1.03 bits per heavy atom. The zero-order valence-electron chi connectivity index (χ0n) is 20.8. The molecular formula is C25H42N4O3S. The average molecular weight is 479 g/mol. The van der Waals surface area contributed by atoms with E-state index in [-0.39, 0.29) is 5.25 Å². The highest BCUT2D eigenvalue weighted by atomic mass is 32.2. The van der Waals surface area contributed by atoms with Crippen molar-refractivity contribution in [3.63, 3.8) is 0 Å². The summed E-state index contributed by atoms with van der Waals surface area (Å²) in [7, 11) is 1.21. The first-order valence-corrected chi connectivity index (χ1v) is 13.5. The monoisotopic (exact) mass is 478 g/mol. The maximum absolute atomic E-state index is 11.0. The molecule has 1 aromatic rings. The molecule has 7 nitrogen and oxygen atoms in total. The summed E-state index contributed by atoms with van der Waals surface area (Å²) in [4.78, 5) is 17.7. The quantitative estimate of drug-likeness (QED) is 0.600. The molecule has 0 aromatic heterocycles. The number of ether oxygens (including phenoxy) is 1. The van der Waals surface area contributed by atoms with Gasteiger partial charge in [0.05, 0.1) is 18.5 Å². The predicted molar refractivity (Wildman–Crippen MR) is 138 cm³/mol. The maximum atomic E-state index is 11.0. The summed E-state index contributed by atoms with van der Waals surface area (Å²) in [5, 5.41) is -0.316. The fraction of sp³-hybridized carbons (Fsp3) is 0.720. The zero-order valence-corrected chi connectivity index (χ0v) is 21.6. The van der Waals surface area contributed by atoms with Gasteiger partial charge in [-0.25, -0.2) is 0 Å². The van der Waals surface area contributed by atoms with Gasteiger partial charge in [0, 0.05) is 84.6 Å². The van der Waals surface area contributed by atoms with Crippen molar-refractivity contribution in [2.75, 3.05) is 81.6 Å². The van der Waals surface area contributed by atoms with Gasteiger partial charge in [0.15, 0.2) is 0 Å². The number of fused-ring (bicyclic) bond motifs is 1. The standard InChI is InChI=1S/C19H29N3O.C6H13NO2S/c1-18-12-20(3)13-19(18,2)15-22(14-18)17-6-4-16(5-7-17)21-8-10-23-11-9-21;1-2-6(5-8)10(9)4-3-7/h4-7H,8-15H2,1-3H3;5-6H,2-4,7H2,1H3/t18-,19+;. The van der Waals surface area contributed by atoms with Crippen molar-refractivity contribution < 1.29 is 13.7 Å². The highest BCUT2D eigenvalue weighted by Gasteiger charge is 2.56. The van der Waals surface area contributed by atoms with E-state index in [9.17, 15) is 9.00 Å². The van der Waals surface area contributed by atoms with Crippen LogP contribution in [0.1, 0.15) is 27.2 Å². The van der Waals surface area contributed by atoms with E-state index in [1.165, 1.54) is 37.6 Å². The summed E-state index contributed by atoms with van der Waals surface area (Å²) in [6.07, 6.45) is 1.38. The maximum Gasteiger partial charge on any atom is 0.135 e. The van der Waals surface area contributed by atoms with Crippen LogP contribution in [0.3, 0.4) is 0 Å². The van der Waals surface area contributed by atoms with Gasteiger partial charge in [0.25, 0.3) is 0 Å². The SMILES string of the molecule is CCC(C=O)S(=O)CCN.CN1C[C@@]2(C)CN(c3ccc(N4CCOCC4)cc3)C[C@@]2(C)C1. The topological polar surface area (TPSA) is 79.1 Å². The third-order valence-electron chi connectivity index (χ3n) is 7.58. The number of morpholine rings is 1. The van der Waals surface area contributed by atoms with Crippen LogP contribution in [0, 0.1) is 10.8 Å². The molecule has 8 heteroatoms. The van der Waals surface area contributed by atoms with Crippen LogP contribution in [-0.2, 0) is 20.3 Å². The minimum Gasteiger partial charge on any atom is -0.378 e. The largest absolute Gasteiger partial charge is 0.378 e. The number of nitrogens with two attached hydrogens (primary N) is 1. The molecule has 0 radical (unpaired) electrons. The number of benzene rings is 1. The number of carbonyl (C=O) groups excluding carboxylic acids is 1. The Hall–Kier alpha value is -1.48. The first-order valence-electron chi connectivity index (χ1n) is 12.1. The van der Waals surface area contributed by atoms with Gasteiger partial charge in [-0.2, -0.15) is 0 Å². The first-order chi connectivity index (χ1) is 15.7. The lowest BCUT2D eigenvalue weighted by Gasteiger charge is -2.30. The van der Waals surface area contributed by atoms with Gasteiger partial charge in [0.1, 0.15) is 6.29 Å². The fourth-order valence-electron chi connectivity index (χ4n) is 5.50. The Kier molecular flexibility index (Phi) is 8.95. The second-order valence-corrected chi connectivity index (χ2v) is 12.0. The molecular weight excluding hydrogens is 436 g/mol. The molecule has 3 fully saturated rings. The number of aldehydes is 1. The molecule has 4 rings (SSSR count). The summed E-state index contributed by atoms with van der Waals surface area (Å²) in [6.45, 7) is 15.6. The molecule has 0 saturated carbocycles. The Bertz CT molecular complexity index is 781. The van der Waals surface area contributed by atoms with Crippen molar-refractivity contribution in [2.45, 2.75) is 32.4 Å². The molecule has 3 saturated heterocycles. The van der Waals surface area contributed by atoms with Crippen LogP contribution in [0.25, 0.3) is 0 Å². The van der Waals surface area contributed by atoms with Crippen molar-refractivity contribution in [3.8, 4) is 0 Å². The highest BCUT2D eigenvalue weighted by Crippen LogP contribution is 2.51. The lowest BCUT2D eigenvalue weighted by Crippen LogP contribution is -2.36. The molecule has 186 valence electrons. The van der Waals surface area contributed by atoms with Crippen LogP contribution in [-0.4, -0.2) is 92.5 Å². The van der Waals surface area contributed by atoms with Crippen molar-refractivity contribution in [1.29, 1.82) is 0 Å². The molecule has 1 aromatic carbocycles. The smallest absolute Gasteiger partial charge is 0.135 e. The van der Waals surface area contributed by atoms with Crippen LogP contribution < -0.4 is 15.5 Å². The molecule has 3 aliphatic heterocycles. The van der Waals surface area contributed by atoms with Gasteiger partial charge in [-0.1, -0.05) is 20.8 Å². The van der Waals surface area contributed by atoms with E-state index in [4.69, 9.17) is 10.5 Å². The summed E-state index contributed by atoms with van der Waals surface area (Å²) < 4.78 is 16.5. The minimum atomic E-state index is -1.05. The van der Waals surface area contributed by atoms with E-state index in [1.54, 1.807) is 0 Å². The Labute approximate surface area is 202 Å². The second kappa shape index (κ2) is 11.3. The fourth-order valence-corrected chi connectivity index (χ4v) is 6.53. The van der Waals surface area contributed by atoms with Crippen LogP contribution >= 0.6 is 0 Å². The number of hydrogen-bond donors (Lipinski definition) is 1. The van der Waals surface area contributed by atoms with Gasteiger partial charge in [-0.05, 0) is 37.7 Å². The van der Waals surface area contributed by atoms with E-state index in [2.05, 4.69) is 59.9 Å². The Balaban J connectivity index is 0.000000262. The Morgan fingerprint density at radius 2 is 1.55 bits per heavy atom. The average Bonchev–Trinajstić information content (AvgIpc) is 3.18. The third kappa shape index (κ3) is 5.96. The number of carbonyl (C=O) groups is 1. The van der Waals surface area contributed by atoms with Crippen molar-refractivity contribution in [2.24, 2.45) is 16.6 Å². The number of hydrogen-bond acceptors (Lipinski definition) is 7. The molecule has 2 unspecified atom stereocenters. The molecule has 4 atom stereocenters. The normalized spacial score (nSPS) is 29.2. The molecule has 0 amide bonds. The molecule has 0 aliphatic carbocycles. The van der Waals surface area contributed by atoms with Gasteiger partial charge in [-0.3, -0.25) is 4.21 Å². The first kappa shape index (κ1) is 26.1. The minimum absolute atomic E-state index is 0.316. The summed E-state index contributed by atoms with van der Waals surface area (Å²) in [5.41, 5.74) is 8.69.